The van der Waals surface area contributed by atoms with Crippen molar-refractivity contribution in [3.05, 3.63) is 126 Å². The summed E-state index contributed by atoms with van der Waals surface area (Å²) in [7, 11) is 0. The fourth-order valence-electron chi connectivity index (χ4n) is 5.72. The number of aromatic nitrogens is 2. The molecule has 0 atom stereocenters. The highest BCUT2D eigenvalue weighted by Crippen LogP contribution is 2.50. The SMILES string of the molecule is [C-]#[N+]c1cccc(-c2ccc3c(c2)C(C)(C)c2cc(-c4ccc5ccc6cccnc6c5n4)ccc2-3)c1. The van der Waals surface area contributed by atoms with Crippen molar-refractivity contribution in [1.82, 2.24) is 9.97 Å². The molecule has 2 aromatic heterocycles. The first-order valence-electron chi connectivity index (χ1n) is 12.5. The maximum absolute atomic E-state index is 7.37. The van der Waals surface area contributed by atoms with Crippen LogP contribution in [0.15, 0.2) is 103 Å². The predicted octanol–water partition coefficient (Wildman–Crippen LogP) is 8.97. The Bertz CT molecular complexity index is 1920. The fourth-order valence-corrected chi connectivity index (χ4v) is 5.72. The Kier molecular flexibility index (Phi) is 4.55. The second-order valence-corrected chi connectivity index (χ2v) is 10.2. The smallest absolute Gasteiger partial charge is 0.187 e. The highest BCUT2D eigenvalue weighted by atomic mass is 14.8. The number of fused-ring (bicyclic) bond motifs is 6. The normalized spacial score (nSPS) is 13.3. The van der Waals surface area contributed by atoms with Gasteiger partial charge < -0.3 is 0 Å². The van der Waals surface area contributed by atoms with E-state index in [0.29, 0.717) is 5.69 Å². The van der Waals surface area contributed by atoms with Crippen LogP contribution in [-0.2, 0) is 5.41 Å². The molecule has 0 N–H and O–H groups in total. The van der Waals surface area contributed by atoms with Crippen molar-refractivity contribution in [3.8, 4) is 33.5 Å². The van der Waals surface area contributed by atoms with Gasteiger partial charge in [0.15, 0.2) is 5.69 Å². The van der Waals surface area contributed by atoms with E-state index in [4.69, 9.17) is 11.6 Å². The van der Waals surface area contributed by atoms with E-state index < -0.39 is 0 Å². The van der Waals surface area contributed by atoms with Crippen LogP contribution in [0.3, 0.4) is 0 Å². The van der Waals surface area contributed by atoms with E-state index in [0.717, 1.165) is 44.2 Å². The lowest BCUT2D eigenvalue weighted by Crippen LogP contribution is -2.15. The number of rotatable bonds is 2. The van der Waals surface area contributed by atoms with E-state index in [1.807, 2.05) is 30.5 Å². The maximum Gasteiger partial charge on any atom is 0.187 e. The monoisotopic (exact) mass is 473 g/mol. The largest absolute Gasteiger partial charge is 0.254 e. The molecular formula is C34H23N3. The lowest BCUT2D eigenvalue weighted by Gasteiger charge is -2.22. The Morgan fingerprint density at radius 2 is 1.32 bits per heavy atom. The molecule has 1 aliphatic carbocycles. The molecule has 174 valence electrons. The molecule has 0 bridgehead atoms. The zero-order valence-electron chi connectivity index (χ0n) is 20.7. The van der Waals surface area contributed by atoms with E-state index in [-0.39, 0.29) is 5.41 Å². The number of nitrogens with zero attached hydrogens (tertiary/aromatic N) is 3. The highest BCUT2D eigenvalue weighted by Gasteiger charge is 2.36. The Morgan fingerprint density at radius 1 is 0.649 bits per heavy atom. The number of hydrogen-bond acceptors (Lipinski definition) is 2. The third kappa shape index (κ3) is 3.27. The minimum atomic E-state index is -0.154. The number of hydrogen-bond donors (Lipinski definition) is 0. The van der Waals surface area contributed by atoms with Crippen LogP contribution in [0, 0.1) is 6.57 Å². The van der Waals surface area contributed by atoms with Gasteiger partial charge in [0.1, 0.15) is 0 Å². The van der Waals surface area contributed by atoms with Crippen LogP contribution in [-0.4, -0.2) is 9.97 Å². The van der Waals surface area contributed by atoms with Gasteiger partial charge in [0.25, 0.3) is 0 Å². The van der Waals surface area contributed by atoms with Gasteiger partial charge in [-0.15, -0.1) is 0 Å². The first-order chi connectivity index (χ1) is 18.0. The Balaban J connectivity index is 1.34. The molecule has 0 saturated heterocycles. The molecule has 37 heavy (non-hydrogen) atoms. The van der Waals surface area contributed by atoms with Gasteiger partial charge in [-0.25, -0.2) is 9.83 Å². The summed E-state index contributed by atoms with van der Waals surface area (Å²) < 4.78 is 0. The van der Waals surface area contributed by atoms with Gasteiger partial charge in [-0.1, -0.05) is 80.6 Å². The molecule has 0 radical (unpaired) electrons. The summed E-state index contributed by atoms with van der Waals surface area (Å²) in [5, 5.41) is 2.20. The first kappa shape index (κ1) is 21.5. The second-order valence-electron chi connectivity index (χ2n) is 10.2. The van der Waals surface area contributed by atoms with Crippen LogP contribution in [0.5, 0.6) is 0 Å². The molecule has 3 nitrogen and oxygen atoms in total. The Morgan fingerprint density at radius 3 is 2.11 bits per heavy atom. The molecule has 2 heterocycles. The van der Waals surface area contributed by atoms with Gasteiger partial charge in [0.05, 0.1) is 23.3 Å². The molecule has 0 aliphatic heterocycles. The van der Waals surface area contributed by atoms with Crippen LogP contribution in [0.1, 0.15) is 25.0 Å². The molecule has 7 rings (SSSR count). The van der Waals surface area contributed by atoms with Gasteiger partial charge in [0, 0.05) is 27.9 Å². The molecule has 0 spiro atoms. The van der Waals surface area contributed by atoms with Gasteiger partial charge in [-0.2, -0.15) is 0 Å². The molecule has 1 aliphatic rings. The lowest BCUT2D eigenvalue weighted by molar-refractivity contribution is 0.661. The van der Waals surface area contributed by atoms with Crippen LogP contribution in [0.2, 0.25) is 0 Å². The number of benzene rings is 4. The first-order valence-corrected chi connectivity index (χ1v) is 12.5. The van der Waals surface area contributed by atoms with Gasteiger partial charge >= 0.3 is 0 Å². The molecule has 0 fully saturated rings. The average molecular weight is 474 g/mol. The standard InChI is InChI=1S/C34H23N3/c1-34(2)29-19-24(23-6-4-8-26(18-23)35-3)11-14-27(29)28-15-12-25(20-30(28)34)31-16-13-22-10-9-21-7-5-17-36-32(21)33(22)37-31/h4-20H,1-2H3. The lowest BCUT2D eigenvalue weighted by atomic mass is 9.81. The molecule has 4 aromatic carbocycles. The van der Waals surface area contributed by atoms with Crippen molar-refractivity contribution in [2.45, 2.75) is 19.3 Å². The minimum Gasteiger partial charge on any atom is -0.254 e. The number of pyridine rings is 2. The van der Waals surface area contributed by atoms with Crippen LogP contribution < -0.4 is 0 Å². The maximum atomic E-state index is 7.37. The zero-order valence-corrected chi connectivity index (χ0v) is 20.7. The van der Waals surface area contributed by atoms with E-state index in [9.17, 15) is 0 Å². The summed E-state index contributed by atoms with van der Waals surface area (Å²) in [5.74, 6) is 0. The van der Waals surface area contributed by atoms with Crippen LogP contribution in [0.25, 0.3) is 60.2 Å². The van der Waals surface area contributed by atoms with Gasteiger partial charge in [-0.3, -0.25) is 4.98 Å². The molecule has 6 aromatic rings. The quantitative estimate of drug-likeness (QED) is 0.186. The Hall–Kier alpha value is -4.81. The van der Waals surface area contributed by atoms with E-state index in [1.165, 1.54) is 22.3 Å². The van der Waals surface area contributed by atoms with Crippen molar-refractivity contribution >= 4 is 27.5 Å². The summed E-state index contributed by atoms with van der Waals surface area (Å²) in [6.07, 6.45) is 1.83. The second kappa shape index (κ2) is 7.85. The van der Waals surface area contributed by atoms with Crippen LogP contribution in [0.4, 0.5) is 5.69 Å². The highest BCUT2D eigenvalue weighted by molar-refractivity contribution is 6.03. The van der Waals surface area contributed by atoms with Crippen LogP contribution >= 0.6 is 0 Å². The molecule has 0 saturated carbocycles. The summed E-state index contributed by atoms with van der Waals surface area (Å²) in [4.78, 5) is 13.3. The van der Waals surface area contributed by atoms with Crippen molar-refractivity contribution in [2.75, 3.05) is 0 Å². The third-order valence-corrected chi connectivity index (χ3v) is 7.71. The average Bonchev–Trinajstić information content (AvgIpc) is 3.18. The molecule has 0 amide bonds. The molecule has 0 unspecified atom stereocenters. The minimum absolute atomic E-state index is 0.154. The van der Waals surface area contributed by atoms with Crippen molar-refractivity contribution in [1.29, 1.82) is 0 Å². The van der Waals surface area contributed by atoms with Crippen molar-refractivity contribution in [2.24, 2.45) is 0 Å². The summed E-state index contributed by atoms with van der Waals surface area (Å²) in [6, 6.07) is 33.8. The zero-order chi connectivity index (χ0) is 25.1. The van der Waals surface area contributed by atoms with E-state index in [1.54, 1.807) is 0 Å². The summed E-state index contributed by atoms with van der Waals surface area (Å²) >= 11 is 0. The third-order valence-electron chi connectivity index (χ3n) is 7.71. The van der Waals surface area contributed by atoms with Gasteiger partial charge in [-0.05, 0) is 63.7 Å². The fraction of sp³-hybridized carbons (Fsp3) is 0.0882. The van der Waals surface area contributed by atoms with E-state index in [2.05, 4.69) is 96.5 Å². The van der Waals surface area contributed by atoms with E-state index >= 15 is 0 Å². The topological polar surface area (TPSA) is 30.1 Å². The van der Waals surface area contributed by atoms with Crippen molar-refractivity contribution < 1.29 is 0 Å². The summed E-state index contributed by atoms with van der Waals surface area (Å²) in [6.45, 7) is 12.0. The summed E-state index contributed by atoms with van der Waals surface area (Å²) in [5.41, 5.74) is 11.8. The predicted molar refractivity (Wildman–Crippen MR) is 152 cm³/mol. The Labute approximate surface area is 215 Å². The van der Waals surface area contributed by atoms with Gasteiger partial charge in [0.2, 0.25) is 0 Å². The molecule has 3 heteroatoms. The van der Waals surface area contributed by atoms with Crippen molar-refractivity contribution in [3.63, 3.8) is 0 Å². The molecular weight excluding hydrogens is 450 g/mol.